The molecule has 7 heteroatoms. The topological polar surface area (TPSA) is 78.0 Å². The predicted molar refractivity (Wildman–Crippen MR) is 94.4 cm³/mol. The number of hydrogen-bond acceptors (Lipinski definition) is 5. The average molecular weight is 340 g/mol. The van der Waals surface area contributed by atoms with Crippen LogP contribution in [0.15, 0.2) is 24.8 Å². The molecule has 0 spiro atoms. The van der Waals surface area contributed by atoms with Crippen LogP contribution >= 0.6 is 0 Å². The number of anilines is 1. The normalized spacial score (nSPS) is 23.2. The summed E-state index contributed by atoms with van der Waals surface area (Å²) in [6.45, 7) is 10.00. The smallest absolute Gasteiger partial charge is 0.257 e. The van der Waals surface area contributed by atoms with E-state index < -0.39 is 0 Å². The van der Waals surface area contributed by atoms with Crippen LogP contribution in [0.1, 0.15) is 36.8 Å². The molecule has 2 aliphatic rings. The Kier molecular flexibility index (Phi) is 3.74. The SMILES string of the molecule is CC(C)(C)c1cc(N2CC3CN(C(=O)c4cn[nH]c4)CC3C2)ncn1. The van der Waals surface area contributed by atoms with Gasteiger partial charge < -0.3 is 9.80 Å². The van der Waals surface area contributed by atoms with Crippen molar-refractivity contribution in [1.29, 1.82) is 0 Å². The molecule has 0 radical (unpaired) electrons. The van der Waals surface area contributed by atoms with Crippen molar-refractivity contribution >= 4 is 11.7 Å². The first-order valence-corrected chi connectivity index (χ1v) is 8.77. The summed E-state index contributed by atoms with van der Waals surface area (Å²) in [5.74, 6) is 2.08. The Hall–Kier alpha value is -2.44. The molecule has 2 unspecified atom stereocenters. The highest BCUT2D eigenvalue weighted by Gasteiger charge is 2.42. The Balaban J connectivity index is 1.44. The summed E-state index contributed by atoms with van der Waals surface area (Å²) in [7, 11) is 0. The van der Waals surface area contributed by atoms with Crippen LogP contribution in [-0.2, 0) is 5.41 Å². The Morgan fingerprint density at radius 1 is 1.16 bits per heavy atom. The van der Waals surface area contributed by atoms with E-state index in [1.165, 1.54) is 0 Å². The molecule has 4 heterocycles. The second-order valence-corrected chi connectivity index (χ2v) is 8.13. The number of nitrogens with one attached hydrogen (secondary N) is 1. The molecule has 132 valence electrons. The van der Waals surface area contributed by atoms with Crippen molar-refractivity contribution in [3.8, 4) is 0 Å². The van der Waals surface area contributed by atoms with Gasteiger partial charge in [0.05, 0.1) is 17.5 Å². The molecule has 1 amide bonds. The molecule has 0 bridgehead atoms. The van der Waals surface area contributed by atoms with E-state index in [0.29, 0.717) is 17.4 Å². The minimum atomic E-state index is 0.0150. The molecular weight excluding hydrogens is 316 g/mol. The molecule has 2 saturated heterocycles. The lowest BCUT2D eigenvalue weighted by atomic mass is 9.92. The van der Waals surface area contributed by atoms with Crippen molar-refractivity contribution in [1.82, 2.24) is 25.1 Å². The Labute approximate surface area is 147 Å². The highest BCUT2D eigenvalue weighted by atomic mass is 16.2. The van der Waals surface area contributed by atoms with Crippen molar-refractivity contribution in [2.45, 2.75) is 26.2 Å². The van der Waals surface area contributed by atoms with Gasteiger partial charge in [-0.3, -0.25) is 9.89 Å². The van der Waals surface area contributed by atoms with Crippen LogP contribution in [0.2, 0.25) is 0 Å². The van der Waals surface area contributed by atoms with Gasteiger partial charge in [-0.1, -0.05) is 20.8 Å². The van der Waals surface area contributed by atoms with E-state index in [9.17, 15) is 4.79 Å². The van der Waals surface area contributed by atoms with Gasteiger partial charge in [0.25, 0.3) is 5.91 Å². The Morgan fingerprint density at radius 3 is 2.48 bits per heavy atom. The zero-order valence-corrected chi connectivity index (χ0v) is 14.9. The summed E-state index contributed by atoms with van der Waals surface area (Å²) in [4.78, 5) is 25.7. The average Bonchev–Trinajstić information content (AvgIpc) is 3.29. The maximum absolute atomic E-state index is 12.5. The summed E-state index contributed by atoms with van der Waals surface area (Å²) < 4.78 is 0. The van der Waals surface area contributed by atoms with Crippen molar-refractivity contribution in [2.24, 2.45) is 11.8 Å². The van der Waals surface area contributed by atoms with Crippen LogP contribution in [0, 0.1) is 11.8 Å². The van der Waals surface area contributed by atoms with E-state index >= 15 is 0 Å². The molecule has 2 aromatic rings. The number of aromatic nitrogens is 4. The fraction of sp³-hybridized carbons (Fsp3) is 0.556. The highest BCUT2D eigenvalue weighted by molar-refractivity contribution is 5.93. The van der Waals surface area contributed by atoms with Crippen molar-refractivity contribution in [3.05, 3.63) is 36.0 Å². The number of fused-ring (bicyclic) bond motifs is 1. The minimum Gasteiger partial charge on any atom is -0.356 e. The van der Waals surface area contributed by atoms with Crippen LogP contribution in [0.4, 0.5) is 5.82 Å². The third kappa shape index (κ3) is 2.99. The molecule has 2 atom stereocenters. The minimum absolute atomic E-state index is 0.0150. The van der Waals surface area contributed by atoms with Gasteiger partial charge in [-0.15, -0.1) is 0 Å². The van der Waals surface area contributed by atoms with Crippen molar-refractivity contribution in [3.63, 3.8) is 0 Å². The first kappa shape index (κ1) is 16.1. The number of carbonyl (C=O) groups excluding carboxylic acids is 1. The van der Waals surface area contributed by atoms with Crippen LogP contribution in [-0.4, -0.2) is 57.2 Å². The quantitative estimate of drug-likeness (QED) is 0.900. The van der Waals surface area contributed by atoms with Gasteiger partial charge in [0, 0.05) is 55.7 Å². The number of H-pyrrole nitrogens is 1. The standard InChI is InChI=1S/C18H24N6O/c1-18(2,3)15-4-16(20-11-19-15)23-7-13-9-24(10-14(13)8-23)17(25)12-5-21-22-6-12/h4-6,11,13-14H,7-10H2,1-3H3,(H,21,22). The highest BCUT2D eigenvalue weighted by Crippen LogP contribution is 2.34. The summed E-state index contributed by atoms with van der Waals surface area (Å²) in [6.07, 6.45) is 4.92. The van der Waals surface area contributed by atoms with Crippen LogP contribution in [0.3, 0.4) is 0 Å². The zero-order chi connectivity index (χ0) is 17.6. The molecule has 25 heavy (non-hydrogen) atoms. The Bertz CT molecular complexity index is 752. The third-order valence-corrected chi connectivity index (χ3v) is 5.26. The molecule has 0 aromatic carbocycles. The molecule has 1 N–H and O–H groups in total. The first-order valence-electron chi connectivity index (χ1n) is 8.77. The van der Waals surface area contributed by atoms with Crippen LogP contribution in [0.25, 0.3) is 0 Å². The van der Waals surface area contributed by atoms with Crippen molar-refractivity contribution < 1.29 is 4.79 Å². The number of nitrogens with zero attached hydrogens (tertiary/aromatic N) is 5. The monoisotopic (exact) mass is 340 g/mol. The Morgan fingerprint density at radius 2 is 1.88 bits per heavy atom. The van der Waals surface area contributed by atoms with Gasteiger partial charge in [-0.05, 0) is 0 Å². The largest absolute Gasteiger partial charge is 0.356 e. The van der Waals surface area contributed by atoms with Gasteiger partial charge in [0.1, 0.15) is 12.1 Å². The van der Waals surface area contributed by atoms with E-state index in [4.69, 9.17) is 0 Å². The molecule has 7 nitrogen and oxygen atoms in total. The molecule has 0 saturated carbocycles. The van der Waals surface area contributed by atoms with Gasteiger partial charge >= 0.3 is 0 Å². The maximum atomic E-state index is 12.5. The predicted octanol–water partition coefficient (Wildman–Crippen LogP) is 1.71. The summed E-state index contributed by atoms with van der Waals surface area (Å²) >= 11 is 0. The van der Waals surface area contributed by atoms with Gasteiger partial charge in [-0.25, -0.2) is 9.97 Å². The van der Waals surface area contributed by atoms with Crippen LogP contribution < -0.4 is 4.90 Å². The lowest BCUT2D eigenvalue weighted by Crippen LogP contribution is -2.33. The van der Waals surface area contributed by atoms with E-state index in [1.807, 2.05) is 4.90 Å². The number of carbonyl (C=O) groups is 1. The van der Waals surface area contributed by atoms with Gasteiger partial charge in [0.2, 0.25) is 0 Å². The van der Waals surface area contributed by atoms with E-state index in [-0.39, 0.29) is 11.3 Å². The molecular formula is C18H24N6O. The molecule has 2 fully saturated rings. The summed E-state index contributed by atoms with van der Waals surface area (Å²) in [5, 5.41) is 6.58. The second-order valence-electron chi connectivity index (χ2n) is 8.13. The number of aromatic amines is 1. The molecule has 0 aliphatic carbocycles. The van der Waals surface area contributed by atoms with Crippen LogP contribution in [0.5, 0.6) is 0 Å². The molecule has 2 aliphatic heterocycles. The molecule has 2 aromatic heterocycles. The van der Waals surface area contributed by atoms with Gasteiger partial charge in [0.15, 0.2) is 0 Å². The molecule has 4 rings (SSSR count). The lowest BCUT2D eigenvalue weighted by molar-refractivity contribution is 0.0782. The number of amides is 1. The fourth-order valence-corrected chi connectivity index (χ4v) is 3.83. The van der Waals surface area contributed by atoms with E-state index in [0.717, 1.165) is 37.7 Å². The summed E-state index contributed by atoms with van der Waals surface area (Å²) in [6, 6.07) is 2.11. The number of hydrogen-bond donors (Lipinski definition) is 1. The third-order valence-electron chi connectivity index (χ3n) is 5.26. The van der Waals surface area contributed by atoms with Gasteiger partial charge in [-0.2, -0.15) is 5.10 Å². The zero-order valence-electron chi connectivity index (χ0n) is 14.9. The maximum Gasteiger partial charge on any atom is 0.257 e. The lowest BCUT2D eigenvalue weighted by Gasteiger charge is -2.24. The van der Waals surface area contributed by atoms with Crippen molar-refractivity contribution in [2.75, 3.05) is 31.1 Å². The number of rotatable bonds is 2. The van der Waals surface area contributed by atoms with E-state index in [2.05, 4.69) is 51.9 Å². The fourth-order valence-electron chi connectivity index (χ4n) is 3.83. The second kappa shape index (κ2) is 5.82. The number of likely N-dealkylation sites (tertiary alicyclic amines) is 1. The first-order chi connectivity index (χ1) is 11.9. The summed E-state index contributed by atoms with van der Waals surface area (Å²) in [5.41, 5.74) is 1.72. The van der Waals surface area contributed by atoms with E-state index in [1.54, 1.807) is 18.7 Å².